The van der Waals surface area contributed by atoms with Gasteiger partial charge >= 0.3 is 0 Å². The predicted octanol–water partition coefficient (Wildman–Crippen LogP) is 4.08. The summed E-state index contributed by atoms with van der Waals surface area (Å²) in [7, 11) is 1.59. The van der Waals surface area contributed by atoms with Gasteiger partial charge in [-0.3, -0.25) is 9.59 Å². The van der Waals surface area contributed by atoms with Crippen LogP contribution in [0.3, 0.4) is 0 Å². The Hall–Kier alpha value is -4.47. The number of hydrogen-bond acceptors (Lipinski definition) is 7. The largest absolute Gasteiger partial charge is 0.497 e. The Bertz CT molecular complexity index is 1390. The molecule has 4 aromatic rings. The number of ether oxygens (including phenoxy) is 1. The first-order valence-corrected chi connectivity index (χ1v) is 13.1. The molecule has 10 heteroatoms. The van der Waals surface area contributed by atoms with Crippen molar-refractivity contribution >= 4 is 11.8 Å². The van der Waals surface area contributed by atoms with Gasteiger partial charge in [0.15, 0.2) is 5.76 Å². The van der Waals surface area contributed by atoms with E-state index in [0.29, 0.717) is 17.1 Å². The molecule has 0 spiro atoms. The van der Waals surface area contributed by atoms with E-state index in [1.54, 1.807) is 30.2 Å². The van der Waals surface area contributed by atoms with Gasteiger partial charge in [-0.15, -0.1) is 10.2 Å². The quantitative estimate of drug-likeness (QED) is 0.330. The lowest BCUT2D eigenvalue weighted by molar-refractivity contribution is -0.142. The summed E-state index contributed by atoms with van der Waals surface area (Å²) in [6, 6.07) is 19.7. The van der Waals surface area contributed by atoms with Crippen LogP contribution in [0.25, 0.3) is 11.6 Å². The Morgan fingerprint density at radius 2 is 1.82 bits per heavy atom. The number of aryl methyl sites for hydroxylation is 1. The molecule has 202 valence electrons. The molecule has 1 aliphatic carbocycles. The highest BCUT2D eigenvalue weighted by Crippen LogP contribution is 2.28. The second kappa shape index (κ2) is 11.9. The highest BCUT2D eigenvalue weighted by Gasteiger charge is 2.33. The molecule has 0 radical (unpaired) electrons. The molecule has 10 nitrogen and oxygen atoms in total. The summed E-state index contributed by atoms with van der Waals surface area (Å²) in [5, 5.41) is 15.6. The average molecular weight is 529 g/mol. The number of carbonyl (C=O) groups excluding carboxylic acids is 2. The van der Waals surface area contributed by atoms with E-state index in [4.69, 9.17) is 9.15 Å². The van der Waals surface area contributed by atoms with E-state index in [9.17, 15) is 9.59 Å². The second-order valence-electron chi connectivity index (χ2n) is 9.73. The van der Waals surface area contributed by atoms with Gasteiger partial charge in [-0.2, -0.15) is 4.80 Å². The number of benzene rings is 2. The highest BCUT2D eigenvalue weighted by atomic mass is 16.5. The normalized spacial score (nSPS) is 14.2. The van der Waals surface area contributed by atoms with E-state index < -0.39 is 6.04 Å². The summed E-state index contributed by atoms with van der Waals surface area (Å²) in [5.41, 5.74) is 1.59. The lowest BCUT2D eigenvalue weighted by Crippen LogP contribution is -2.46. The number of aromatic nitrogens is 4. The zero-order chi connectivity index (χ0) is 27.2. The van der Waals surface area contributed by atoms with Crippen molar-refractivity contribution in [3.63, 3.8) is 0 Å². The number of carbonyl (C=O) groups is 2. The fourth-order valence-corrected chi connectivity index (χ4v) is 4.89. The van der Waals surface area contributed by atoms with Gasteiger partial charge in [0.05, 0.1) is 7.11 Å². The second-order valence-corrected chi connectivity index (χ2v) is 9.73. The number of rotatable bonds is 10. The fourth-order valence-electron chi connectivity index (χ4n) is 4.89. The number of furan rings is 1. The van der Waals surface area contributed by atoms with Crippen molar-refractivity contribution in [1.82, 2.24) is 30.4 Å². The first-order valence-electron chi connectivity index (χ1n) is 13.1. The van der Waals surface area contributed by atoms with E-state index in [1.807, 2.05) is 55.5 Å². The molecule has 1 atom stereocenters. The topological polar surface area (TPSA) is 115 Å². The number of tetrazole rings is 1. The molecule has 5 rings (SSSR count). The Kier molecular flexibility index (Phi) is 8.00. The molecule has 39 heavy (non-hydrogen) atoms. The summed E-state index contributed by atoms with van der Waals surface area (Å²) in [5.74, 6) is 1.62. The van der Waals surface area contributed by atoms with Crippen LogP contribution in [0.15, 0.2) is 71.1 Å². The number of nitrogens with one attached hydrogen (secondary N) is 1. The molecule has 0 bridgehead atoms. The van der Waals surface area contributed by atoms with E-state index in [0.717, 1.165) is 37.0 Å². The van der Waals surface area contributed by atoms with Crippen LogP contribution < -0.4 is 10.1 Å². The number of hydrogen-bond donors (Lipinski definition) is 1. The Morgan fingerprint density at radius 1 is 1.08 bits per heavy atom. The fraction of sp³-hybridized carbons (Fsp3) is 0.345. The molecule has 0 aliphatic heterocycles. The van der Waals surface area contributed by atoms with E-state index in [1.165, 1.54) is 4.80 Å². The molecule has 1 saturated carbocycles. The lowest BCUT2D eigenvalue weighted by atomic mass is 10.0. The third-order valence-electron chi connectivity index (χ3n) is 6.90. The van der Waals surface area contributed by atoms with Crippen molar-refractivity contribution < 1.29 is 18.7 Å². The summed E-state index contributed by atoms with van der Waals surface area (Å²) in [4.78, 5) is 30.6. The Balaban J connectivity index is 1.47. The molecule has 1 fully saturated rings. The van der Waals surface area contributed by atoms with E-state index >= 15 is 0 Å². The van der Waals surface area contributed by atoms with Gasteiger partial charge in [-0.05, 0) is 60.4 Å². The molecule has 1 aliphatic rings. The monoisotopic (exact) mass is 528 g/mol. The van der Waals surface area contributed by atoms with E-state index in [2.05, 4.69) is 20.7 Å². The van der Waals surface area contributed by atoms with Crippen LogP contribution in [0.2, 0.25) is 0 Å². The molecule has 2 amide bonds. The minimum atomic E-state index is -0.861. The van der Waals surface area contributed by atoms with Crippen molar-refractivity contribution in [2.75, 3.05) is 7.11 Å². The zero-order valence-electron chi connectivity index (χ0n) is 22.1. The van der Waals surface area contributed by atoms with Crippen LogP contribution in [0.4, 0.5) is 0 Å². The smallest absolute Gasteiger partial charge is 0.247 e. The van der Waals surface area contributed by atoms with Crippen molar-refractivity contribution in [3.8, 4) is 17.3 Å². The number of methoxy groups -OCH3 is 1. The van der Waals surface area contributed by atoms with Gasteiger partial charge in [0.1, 0.15) is 24.1 Å². The van der Waals surface area contributed by atoms with Gasteiger partial charge in [-0.1, -0.05) is 55.3 Å². The standard InChI is InChI=1S/C29H32N6O4/c1-20-12-17-25(39-20)28-31-33-35(32-28)19-26(36)34(18-21-8-4-3-5-9-21)27(22-13-15-24(38-2)16-14-22)29(37)30-23-10-6-7-11-23/h3-5,8-9,12-17,23,27H,6-7,10-11,18-19H2,1-2H3,(H,30,37)/t27-/m0/s1. The van der Waals surface area contributed by atoms with Crippen LogP contribution >= 0.6 is 0 Å². The molecular weight excluding hydrogens is 496 g/mol. The maximum absolute atomic E-state index is 13.9. The lowest BCUT2D eigenvalue weighted by Gasteiger charge is -2.32. The van der Waals surface area contributed by atoms with Crippen molar-refractivity contribution in [2.45, 2.75) is 57.8 Å². The maximum Gasteiger partial charge on any atom is 0.247 e. The summed E-state index contributed by atoms with van der Waals surface area (Å²) in [6.45, 7) is 1.87. The third-order valence-corrected chi connectivity index (χ3v) is 6.90. The van der Waals surface area contributed by atoms with Gasteiger partial charge < -0.3 is 19.4 Å². The molecule has 2 aromatic carbocycles. The minimum Gasteiger partial charge on any atom is -0.497 e. The van der Waals surface area contributed by atoms with Gasteiger partial charge in [0.2, 0.25) is 17.6 Å². The maximum atomic E-state index is 13.9. The van der Waals surface area contributed by atoms with Crippen LogP contribution in [0.1, 0.15) is 48.6 Å². The minimum absolute atomic E-state index is 0.100. The first kappa shape index (κ1) is 26.1. The van der Waals surface area contributed by atoms with Gasteiger partial charge in [0.25, 0.3) is 0 Å². The van der Waals surface area contributed by atoms with Gasteiger partial charge in [0, 0.05) is 12.6 Å². The van der Waals surface area contributed by atoms with Crippen LogP contribution in [-0.2, 0) is 22.7 Å². The average Bonchev–Trinajstić information content (AvgIpc) is 3.72. The summed E-state index contributed by atoms with van der Waals surface area (Å²) < 4.78 is 10.9. The number of nitrogens with zero attached hydrogens (tertiary/aromatic N) is 5. The zero-order valence-corrected chi connectivity index (χ0v) is 22.1. The molecule has 1 N–H and O–H groups in total. The van der Waals surface area contributed by atoms with Crippen molar-refractivity contribution in [2.24, 2.45) is 0 Å². The molecular formula is C29H32N6O4. The highest BCUT2D eigenvalue weighted by molar-refractivity contribution is 5.89. The summed E-state index contributed by atoms with van der Waals surface area (Å²) in [6.07, 6.45) is 4.04. The van der Waals surface area contributed by atoms with Crippen molar-refractivity contribution in [1.29, 1.82) is 0 Å². The van der Waals surface area contributed by atoms with Crippen molar-refractivity contribution in [3.05, 3.63) is 83.6 Å². The number of amides is 2. The molecule has 2 heterocycles. The van der Waals surface area contributed by atoms with Crippen LogP contribution in [0, 0.1) is 6.92 Å². The first-order chi connectivity index (χ1) is 19.0. The van der Waals surface area contributed by atoms with E-state index in [-0.39, 0.29) is 36.8 Å². The van der Waals surface area contributed by atoms with Gasteiger partial charge in [-0.25, -0.2) is 0 Å². The summed E-state index contributed by atoms with van der Waals surface area (Å²) >= 11 is 0. The Morgan fingerprint density at radius 3 is 2.49 bits per heavy atom. The van der Waals surface area contributed by atoms with Crippen LogP contribution in [0.5, 0.6) is 5.75 Å². The van der Waals surface area contributed by atoms with Crippen LogP contribution in [-0.4, -0.2) is 50.1 Å². The molecule has 2 aromatic heterocycles. The molecule has 0 saturated heterocycles. The third kappa shape index (κ3) is 6.34. The molecule has 0 unspecified atom stereocenters. The Labute approximate surface area is 227 Å². The SMILES string of the molecule is COc1ccc([C@@H](C(=O)NC2CCCC2)N(Cc2ccccc2)C(=O)Cn2nnc(-c3ccc(C)o3)n2)cc1. The predicted molar refractivity (Wildman–Crippen MR) is 143 cm³/mol.